The number of ether oxygens (including phenoxy) is 2. The molecule has 4 aromatic rings. The Kier molecular flexibility index (Phi) is 16.2. The van der Waals surface area contributed by atoms with Crippen molar-refractivity contribution >= 4 is 76.3 Å². The molecular weight excluding hydrogens is 845 g/mol. The predicted octanol–water partition coefficient (Wildman–Crippen LogP) is 3.10. The quantitative estimate of drug-likeness (QED) is 0.106. The van der Waals surface area contributed by atoms with Gasteiger partial charge >= 0.3 is 17.9 Å². The summed E-state index contributed by atoms with van der Waals surface area (Å²) < 4.78 is 10.5. The van der Waals surface area contributed by atoms with E-state index in [1.54, 1.807) is 60.7 Å². The molecule has 0 aliphatic carbocycles. The fourth-order valence-electron chi connectivity index (χ4n) is 6.54. The van der Waals surface area contributed by atoms with Crippen molar-refractivity contribution in [1.82, 2.24) is 21.3 Å². The van der Waals surface area contributed by atoms with Gasteiger partial charge < -0.3 is 41.2 Å². The summed E-state index contributed by atoms with van der Waals surface area (Å²) in [7, 11) is 0. The molecule has 0 fully saturated rings. The maximum absolute atomic E-state index is 14.5. The topological polar surface area (TPSA) is 235 Å². The zero-order valence-corrected chi connectivity index (χ0v) is 34.9. The van der Waals surface area contributed by atoms with Gasteiger partial charge in [0.2, 0.25) is 29.9 Å². The number of hydrogen-bond acceptors (Lipinski definition) is 10. The van der Waals surface area contributed by atoms with Crippen LogP contribution in [0.1, 0.15) is 36.1 Å². The second-order valence-corrected chi connectivity index (χ2v) is 15.2. The van der Waals surface area contributed by atoms with Gasteiger partial charge in [-0.25, -0.2) is 4.79 Å². The van der Waals surface area contributed by atoms with E-state index >= 15 is 0 Å². The Balaban J connectivity index is 1.63. The monoisotopic (exact) mass is 887 g/mol. The normalized spacial score (nSPS) is 21.5. The zero-order valence-electron chi connectivity index (χ0n) is 33.4. The molecule has 62 heavy (non-hydrogen) atoms. The largest absolute Gasteiger partial charge is 0.480 e. The first-order valence-corrected chi connectivity index (χ1v) is 20.0. The highest BCUT2D eigenvalue weighted by atomic mass is 35.5. The molecule has 6 atom stereocenters. The first kappa shape index (κ1) is 46.3. The second-order valence-electron chi connectivity index (χ2n) is 14.4. The Labute approximate surface area is 366 Å². The third kappa shape index (κ3) is 13.4. The molecule has 0 radical (unpaired) electrons. The standard InChI is InChI=1S/C44H43Cl2N5O11/c1-24(52)61-37-38(62-25(2)53)43(58)50-34(20-27-11-7-4-8-12-27)39(54)49-35(22-29-15-16-30(45)23-32(29)46)41(56)48-33(19-26-9-5-3-6-10-26)40(55)51-36(44(59)60)21-28-13-17-31(18-14-28)47-42(37)57/h3-18,23,33-38H,19-22H2,1-2H3,(H,47,57)(H,48,56)(H,49,54)(H,50,58)(H,51,55)(H,59,60)/t33-,34-,35+,36-,37-,38-/m1/s1. The Morgan fingerprint density at radius 1 is 0.597 bits per heavy atom. The van der Waals surface area contributed by atoms with Gasteiger partial charge in [-0.15, -0.1) is 0 Å². The molecule has 16 nitrogen and oxygen atoms in total. The van der Waals surface area contributed by atoms with E-state index in [9.17, 15) is 43.5 Å². The zero-order chi connectivity index (χ0) is 44.9. The van der Waals surface area contributed by atoms with E-state index in [-0.39, 0.29) is 41.4 Å². The lowest BCUT2D eigenvalue weighted by atomic mass is 10.00. The minimum Gasteiger partial charge on any atom is -0.480 e. The lowest BCUT2D eigenvalue weighted by molar-refractivity contribution is -0.173. The van der Waals surface area contributed by atoms with Crippen LogP contribution < -0.4 is 26.6 Å². The van der Waals surface area contributed by atoms with Crippen LogP contribution in [0.25, 0.3) is 0 Å². The first-order chi connectivity index (χ1) is 29.6. The minimum absolute atomic E-state index is 0.0881. The molecule has 2 aliphatic rings. The van der Waals surface area contributed by atoms with E-state index < -0.39 is 83.8 Å². The number of amides is 5. The molecule has 5 amide bonds. The van der Waals surface area contributed by atoms with Gasteiger partial charge in [0.15, 0.2) is 0 Å². The molecule has 2 aliphatic heterocycles. The van der Waals surface area contributed by atoms with Crippen molar-refractivity contribution in [2.75, 3.05) is 5.32 Å². The molecule has 6 N–H and O–H groups in total. The summed E-state index contributed by atoms with van der Waals surface area (Å²) >= 11 is 12.7. The summed E-state index contributed by atoms with van der Waals surface area (Å²) in [6, 6.07) is 21.4. The molecule has 2 heterocycles. The summed E-state index contributed by atoms with van der Waals surface area (Å²) in [5.41, 5.74) is 2.03. The average molecular weight is 889 g/mol. The molecule has 324 valence electrons. The molecule has 0 saturated carbocycles. The highest BCUT2D eigenvalue weighted by molar-refractivity contribution is 6.35. The average Bonchev–Trinajstić information content (AvgIpc) is 3.22. The number of esters is 2. The number of carboxylic acid groups (broad SMARTS) is 1. The fraction of sp³-hybridized carbons (Fsp3) is 0.273. The number of fused-ring (bicyclic) bond motifs is 18. The van der Waals surface area contributed by atoms with Crippen LogP contribution in [0.2, 0.25) is 10.0 Å². The van der Waals surface area contributed by atoms with Crippen LogP contribution in [-0.4, -0.2) is 88.9 Å². The van der Waals surface area contributed by atoms with Crippen molar-refractivity contribution in [3.05, 3.63) is 135 Å². The van der Waals surface area contributed by atoms with Crippen LogP contribution in [0, 0.1) is 0 Å². The van der Waals surface area contributed by atoms with E-state index in [4.69, 9.17) is 32.7 Å². The molecule has 0 spiro atoms. The summed E-state index contributed by atoms with van der Waals surface area (Å²) in [6.45, 7) is 1.93. The fourth-order valence-corrected chi connectivity index (χ4v) is 7.03. The van der Waals surface area contributed by atoms with Crippen LogP contribution >= 0.6 is 23.2 Å². The molecule has 4 aromatic carbocycles. The number of rotatable bonds is 9. The number of benzene rings is 4. The molecule has 0 unspecified atom stereocenters. The molecule has 0 saturated heterocycles. The highest BCUT2D eigenvalue weighted by Gasteiger charge is 2.41. The van der Waals surface area contributed by atoms with Crippen LogP contribution in [0.5, 0.6) is 0 Å². The van der Waals surface area contributed by atoms with Crippen LogP contribution in [0.4, 0.5) is 5.69 Å². The van der Waals surface area contributed by atoms with Crippen LogP contribution in [0.3, 0.4) is 0 Å². The summed E-state index contributed by atoms with van der Waals surface area (Å²) in [6.07, 6.45) is -5.00. The number of halogens is 2. The van der Waals surface area contributed by atoms with E-state index in [1.807, 2.05) is 0 Å². The Morgan fingerprint density at radius 2 is 1.06 bits per heavy atom. The van der Waals surface area contributed by atoms with Gasteiger partial charge in [0.1, 0.15) is 24.2 Å². The van der Waals surface area contributed by atoms with Gasteiger partial charge in [0.25, 0.3) is 11.8 Å². The summed E-state index contributed by atoms with van der Waals surface area (Å²) in [5.74, 6) is -8.42. The molecule has 0 aromatic heterocycles. The van der Waals surface area contributed by atoms with Crippen LogP contribution in [0.15, 0.2) is 103 Å². The van der Waals surface area contributed by atoms with E-state index in [0.717, 1.165) is 13.8 Å². The molecule has 2 bridgehead atoms. The van der Waals surface area contributed by atoms with Crippen molar-refractivity contribution < 1.29 is 52.9 Å². The Hall–Kier alpha value is -6.78. The predicted molar refractivity (Wildman–Crippen MR) is 226 cm³/mol. The van der Waals surface area contributed by atoms with Crippen molar-refractivity contribution in [3.63, 3.8) is 0 Å². The Morgan fingerprint density at radius 3 is 1.55 bits per heavy atom. The number of nitrogens with one attached hydrogen (secondary N) is 5. The molecule has 18 heteroatoms. The summed E-state index contributed by atoms with van der Waals surface area (Å²) in [4.78, 5) is 108. The number of carbonyl (C=O) groups is 8. The number of carboxylic acids is 1. The van der Waals surface area contributed by atoms with Crippen molar-refractivity contribution in [2.45, 2.75) is 75.9 Å². The number of carbonyl (C=O) groups excluding carboxylic acids is 7. The van der Waals surface area contributed by atoms with E-state index in [0.29, 0.717) is 22.3 Å². The number of hydrogen-bond donors (Lipinski definition) is 6. The van der Waals surface area contributed by atoms with E-state index in [1.165, 1.54) is 42.5 Å². The number of aliphatic carboxylic acids is 1. The SMILES string of the molecule is CC(=O)O[C@H]1C(=O)Nc2ccc(cc2)C[C@H](C(=O)O)NC(=O)[C@@H](Cc2ccccc2)NC(=O)[C@H](Cc2ccc(Cl)cc2Cl)NC(=O)[C@@H](Cc2ccccc2)NC(=O)[C@@H]1OC(C)=O. The van der Waals surface area contributed by atoms with Gasteiger partial charge in [0.05, 0.1) is 0 Å². The van der Waals surface area contributed by atoms with Crippen molar-refractivity contribution in [2.24, 2.45) is 0 Å². The third-order valence-electron chi connectivity index (χ3n) is 9.56. The van der Waals surface area contributed by atoms with Gasteiger partial charge in [-0.3, -0.25) is 33.6 Å². The lowest BCUT2D eigenvalue weighted by Gasteiger charge is -2.28. The van der Waals surface area contributed by atoms with Gasteiger partial charge in [-0.05, 0) is 46.5 Å². The van der Waals surface area contributed by atoms with Gasteiger partial charge in [0, 0.05) is 55.3 Å². The smallest absolute Gasteiger partial charge is 0.326 e. The minimum atomic E-state index is -2.13. The number of anilines is 1. The van der Waals surface area contributed by atoms with Crippen molar-refractivity contribution in [1.29, 1.82) is 0 Å². The summed E-state index contributed by atoms with van der Waals surface area (Å²) in [5, 5.41) is 23.5. The van der Waals surface area contributed by atoms with Gasteiger partial charge in [-0.2, -0.15) is 0 Å². The van der Waals surface area contributed by atoms with Crippen LogP contribution in [-0.2, 0) is 73.5 Å². The maximum atomic E-state index is 14.5. The maximum Gasteiger partial charge on any atom is 0.326 e. The third-order valence-corrected chi connectivity index (χ3v) is 10.1. The Bertz CT molecular complexity index is 2300. The van der Waals surface area contributed by atoms with Crippen molar-refractivity contribution in [3.8, 4) is 0 Å². The lowest BCUT2D eigenvalue weighted by Crippen LogP contribution is -2.60. The highest BCUT2D eigenvalue weighted by Crippen LogP contribution is 2.23. The molecular formula is C44H43Cl2N5O11. The van der Waals surface area contributed by atoms with E-state index in [2.05, 4.69) is 26.6 Å². The molecule has 6 rings (SSSR count). The second kappa shape index (κ2) is 21.7. The van der Waals surface area contributed by atoms with Gasteiger partial charge in [-0.1, -0.05) is 102 Å². The first-order valence-electron chi connectivity index (χ1n) is 19.3.